The molecule has 4 rings (SSSR count). The molecule has 28 heavy (non-hydrogen) atoms. The molecular formula is C21H31FN4O2. The number of benzene rings is 1. The first-order valence-corrected chi connectivity index (χ1v) is 10.5. The summed E-state index contributed by atoms with van der Waals surface area (Å²) in [5.74, 6) is -0.183. The maximum Gasteiger partial charge on any atom is 0.407 e. The molecule has 3 aliphatic heterocycles. The van der Waals surface area contributed by atoms with Crippen LogP contribution in [0.2, 0.25) is 0 Å². The maximum atomic E-state index is 13.1. The lowest BCUT2D eigenvalue weighted by molar-refractivity contribution is 0.0964. The van der Waals surface area contributed by atoms with Gasteiger partial charge in [-0.3, -0.25) is 4.90 Å². The van der Waals surface area contributed by atoms with Crippen LogP contribution in [-0.2, 0) is 0 Å². The van der Waals surface area contributed by atoms with Crippen molar-refractivity contribution >= 4 is 11.8 Å². The number of piperazine rings is 1. The Bertz CT molecular complexity index is 667. The predicted octanol–water partition coefficient (Wildman–Crippen LogP) is 2.46. The Kier molecular flexibility index (Phi) is 5.73. The Morgan fingerprint density at radius 2 is 1.79 bits per heavy atom. The fourth-order valence-electron chi connectivity index (χ4n) is 5.01. The Hall–Kier alpha value is -1.86. The van der Waals surface area contributed by atoms with Gasteiger partial charge in [-0.05, 0) is 61.9 Å². The highest BCUT2D eigenvalue weighted by Crippen LogP contribution is 2.40. The third-order valence-electron chi connectivity index (χ3n) is 6.90. The van der Waals surface area contributed by atoms with Crippen LogP contribution in [0.3, 0.4) is 0 Å². The summed E-state index contributed by atoms with van der Waals surface area (Å²) in [7, 11) is 0. The minimum Gasteiger partial charge on any atom is -0.465 e. The van der Waals surface area contributed by atoms with Crippen molar-refractivity contribution in [1.82, 2.24) is 15.1 Å². The van der Waals surface area contributed by atoms with Crippen molar-refractivity contribution < 1.29 is 14.3 Å². The second kappa shape index (κ2) is 8.25. The number of hydrogen-bond acceptors (Lipinski definition) is 4. The minimum atomic E-state index is -0.780. The Balaban J connectivity index is 1.18. The van der Waals surface area contributed by atoms with Gasteiger partial charge >= 0.3 is 6.09 Å². The second-order valence-electron chi connectivity index (χ2n) is 8.65. The number of likely N-dealkylation sites (tertiary alicyclic amines) is 1. The molecule has 7 heteroatoms. The van der Waals surface area contributed by atoms with Gasteiger partial charge in [0.15, 0.2) is 0 Å². The third-order valence-corrected chi connectivity index (χ3v) is 6.90. The van der Waals surface area contributed by atoms with Gasteiger partial charge in [-0.2, -0.15) is 0 Å². The molecule has 3 fully saturated rings. The van der Waals surface area contributed by atoms with E-state index in [0.29, 0.717) is 24.5 Å². The van der Waals surface area contributed by atoms with Crippen LogP contribution in [-0.4, -0.2) is 79.4 Å². The van der Waals surface area contributed by atoms with E-state index in [9.17, 15) is 9.18 Å². The summed E-state index contributed by atoms with van der Waals surface area (Å²) in [6.07, 6.45) is 3.52. The van der Waals surface area contributed by atoms with Gasteiger partial charge in [0.2, 0.25) is 0 Å². The van der Waals surface area contributed by atoms with Crippen LogP contribution in [0.4, 0.5) is 14.9 Å². The van der Waals surface area contributed by atoms with E-state index in [-0.39, 0.29) is 5.82 Å². The molecule has 1 aromatic carbocycles. The number of anilines is 1. The average Bonchev–Trinajstić information content (AvgIpc) is 3.10. The highest BCUT2D eigenvalue weighted by molar-refractivity contribution is 5.65. The van der Waals surface area contributed by atoms with Crippen molar-refractivity contribution in [2.75, 3.05) is 57.3 Å². The fraction of sp³-hybridized carbons (Fsp3) is 0.667. The predicted molar refractivity (Wildman–Crippen MR) is 107 cm³/mol. The van der Waals surface area contributed by atoms with E-state index in [1.807, 2.05) is 12.1 Å². The standard InChI is InChI=1S/C21H31FN4O2/c22-17-1-3-19(4-2-17)25-13-11-24(12-14-25)8-5-18-15-21(16-23-18)6-9-26(10-7-21)20(27)28/h1-4,18,23H,5-16H2,(H,27,28)/t18-/m1/s1. The number of halogens is 1. The quantitative estimate of drug-likeness (QED) is 0.827. The zero-order chi connectivity index (χ0) is 19.6. The van der Waals surface area contributed by atoms with Gasteiger partial charge < -0.3 is 20.2 Å². The molecular weight excluding hydrogens is 359 g/mol. The first-order chi connectivity index (χ1) is 13.5. The second-order valence-corrected chi connectivity index (χ2v) is 8.65. The smallest absolute Gasteiger partial charge is 0.407 e. The minimum absolute atomic E-state index is 0.183. The van der Waals surface area contributed by atoms with E-state index in [0.717, 1.165) is 64.2 Å². The van der Waals surface area contributed by atoms with E-state index in [4.69, 9.17) is 5.11 Å². The number of nitrogens with one attached hydrogen (secondary N) is 1. The zero-order valence-corrected chi connectivity index (χ0v) is 16.4. The topological polar surface area (TPSA) is 59.1 Å². The lowest BCUT2D eigenvalue weighted by Gasteiger charge is -2.38. The highest BCUT2D eigenvalue weighted by Gasteiger charge is 2.41. The van der Waals surface area contributed by atoms with E-state index >= 15 is 0 Å². The summed E-state index contributed by atoms with van der Waals surface area (Å²) in [5.41, 5.74) is 1.41. The van der Waals surface area contributed by atoms with Gasteiger partial charge in [-0.25, -0.2) is 9.18 Å². The normalized spacial score (nSPS) is 25.4. The lowest BCUT2D eigenvalue weighted by Crippen LogP contribution is -2.47. The van der Waals surface area contributed by atoms with Gasteiger partial charge in [0.25, 0.3) is 0 Å². The first kappa shape index (κ1) is 19.5. The largest absolute Gasteiger partial charge is 0.465 e. The molecule has 0 unspecified atom stereocenters. The molecule has 1 atom stereocenters. The molecule has 0 bridgehead atoms. The van der Waals surface area contributed by atoms with Gasteiger partial charge in [0.05, 0.1) is 0 Å². The van der Waals surface area contributed by atoms with Crippen LogP contribution in [0.15, 0.2) is 24.3 Å². The summed E-state index contributed by atoms with van der Waals surface area (Å²) >= 11 is 0. The van der Waals surface area contributed by atoms with E-state index in [1.165, 1.54) is 18.6 Å². The van der Waals surface area contributed by atoms with Crippen LogP contribution < -0.4 is 10.2 Å². The lowest BCUT2D eigenvalue weighted by atomic mass is 9.76. The van der Waals surface area contributed by atoms with E-state index in [1.54, 1.807) is 4.90 Å². The van der Waals surface area contributed by atoms with Crippen LogP contribution >= 0.6 is 0 Å². The molecule has 2 N–H and O–H groups in total. The number of carbonyl (C=O) groups is 1. The fourth-order valence-corrected chi connectivity index (χ4v) is 5.01. The van der Waals surface area contributed by atoms with Crippen LogP contribution in [0, 0.1) is 11.2 Å². The number of hydrogen-bond donors (Lipinski definition) is 2. The molecule has 0 aliphatic carbocycles. The van der Waals surface area contributed by atoms with Crippen LogP contribution in [0.5, 0.6) is 0 Å². The van der Waals surface area contributed by atoms with Crippen molar-refractivity contribution in [2.45, 2.75) is 31.7 Å². The zero-order valence-electron chi connectivity index (χ0n) is 16.4. The number of piperidine rings is 1. The average molecular weight is 391 g/mol. The van der Waals surface area contributed by atoms with E-state index < -0.39 is 6.09 Å². The van der Waals surface area contributed by atoms with Crippen molar-refractivity contribution in [3.05, 3.63) is 30.1 Å². The molecule has 1 aromatic rings. The van der Waals surface area contributed by atoms with Gasteiger partial charge in [-0.1, -0.05) is 0 Å². The number of rotatable bonds is 4. The molecule has 0 radical (unpaired) electrons. The van der Waals surface area contributed by atoms with Crippen LogP contribution in [0.1, 0.15) is 25.7 Å². The summed E-state index contributed by atoms with van der Waals surface area (Å²) in [6.45, 7) is 7.54. The molecule has 3 aliphatic rings. The van der Waals surface area contributed by atoms with Gasteiger partial charge in [-0.15, -0.1) is 0 Å². The number of carboxylic acid groups (broad SMARTS) is 1. The first-order valence-electron chi connectivity index (χ1n) is 10.5. The molecule has 1 amide bonds. The van der Waals surface area contributed by atoms with Crippen LogP contribution in [0.25, 0.3) is 0 Å². The summed E-state index contributed by atoms with van der Waals surface area (Å²) in [5, 5.41) is 12.8. The molecule has 3 saturated heterocycles. The molecule has 6 nitrogen and oxygen atoms in total. The summed E-state index contributed by atoms with van der Waals surface area (Å²) in [6, 6.07) is 7.34. The molecule has 154 valence electrons. The molecule has 0 aromatic heterocycles. The maximum absolute atomic E-state index is 13.1. The Morgan fingerprint density at radius 3 is 2.43 bits per heavy atom. The Morgan fingerprint density at radius 1 is 1.11 bits per heavy atom. The van der Waals surface area contributed by atoms with E-state index in [2.05, 4.69) is 15.1 Å². The van der Waals surface area contributed by atoms with Gasteiger partial charge in [0, 0.05) is 57.5 Å². The SMILES string of the molecule is O=C(O)N1CCC2(CC1)CN[C@H](CCN1CCN(c3ccc(F)cc3)CC1)C2. The Labute approximate surface area is 166 Å². The molecule has 0 saturated carbocycles. The summed E-state index contributed by atoms with van der Waals surface area (Å²) in [4.78, 5) is 17.5. The number of amides is 1. The number of nitrogens with zero attached hydrogens (tertiary/aromatic N) is 3. The monoisotopic (exact) mass is 390 g/mol. The van der Waals surface area contributed by atoms with Crippen molar-refractivity contribution in [1.29, 1.82) is 0 Å². The van der Waals surface area contributed by atoms with Gasteiger partial charge in [0.1, 0.15) is 5.82 Å². The van der Waals surface area contributed by atoms with Crippen molar-refractivity contribution in [2.24, 2.45) is 5.41 Å². The summed E-state index contributed by atoms with van der Waals surface area (Å²) < 4.78 is 13.1. The molecule has 3 heterocycles. The van der Waals surface area contributed by atoms with Crippen molar-refractivity contribution in [3.8, 4) is 0 Å². The molecule has 1 spiro atoms. The third kappa shape index (κ3) is 4.41. The highest BCUT2D eigenvalue weighted by atomic mass is 19.1. The van der Waals surface area contributed by atoms with Crippen molar-refractivity contribution in [3.63, 3.8) is 0 Å².